The molecule has 0 radical (unpaired) electrons. The Bertz CT molecular complexity index is 343. The number of aliphatic carboxylic acids is 2. The van der Waals surface area contributed by atoms with Gasteiger partial charge < -0.3 is 24.7 Å². The Morgan fingerprint density at radius 2 is 1.84 bits per heavy atom. The number of hydrogen-bond acceptors (Lipinski definition) is 4. The number of ether oxygens (including phenoxy) is 1. The summed E-state index contributed by atoms with van der Waals surface area (Å²) < 4.78 is 5.38. The largest absolute Gasteiger partial charge is 0.480 e. The van der Waals surface area contributed by atoms with E-state index in [2.05, 4.69) is 0 Å². The highest BCUT2D eigenvalue weighted by Crippen LogP contribution is 2.08. The number of urea groups is 1. The molecular weight excluding hydrogens is 256 g/mol. The van der Waals surface area contributed by atoms with Gasteiger partial charge in [0.05, 0.1) is 6.10 Å². The summed E-state index contributed by atoms with van der Waals surface area (Å²) in [7, 11) is 0. The summed E-state index contributed by atoms with van der Waals surface area (Å²) in [5.74, 6) is -2.48. The SMILES string of the molecule is CC1CN(C(=O)N(CC(=O)O)CC(=O)O)CCCO1. The van der Waals surface area contributed by atoms with Crippen molar-refractivity contribution in [3.05, 3.63) is 0 Å². The highest BCUT2D eigenvalue weighted by Gasteiger charge is 2.27. The van der Waals surface area contributed by atoms with Crippen molar-refractivity contribution in [2.75, 3.05) is 32.8 Å². The lowest BCUT2D eigenvalue weighted by atomic mass is 10.3. The van der Waals surface area contributed by atoms with Crippen LogP contribution in [0.25, 0.3) is 0 Å². The second-order valence-corrected chi connectivity index (χ2v) is 4.41. The third-order valence-electron chi connectivity index (χ3n) is 2.65. The van der Waals surface area contributed by atoms with Crippen LogP contribution in [-0.2, 0) is 14.3 Å². The van der Waals surface area contributed by atoms with Gasteiger partial charge in [0.15, 0.2) is 0 Å². The maximum absolute atomic E-state index is 12.1. The standard InChI is InChI=1S/C11H18N2O6/c1-8-5-12(3-2-4-19-8)11(18)13(6-9(14)15)7-10(16)17/h8H,2-7H2,1H3,(H,14,15)(H,16,17). The summed E-state index contributed by atoms with van der Waals surface area (Å²) in [5.41, 5.74) is 0. The Balaban J connectivity index is 2.72. The Hall–Kier alpha value is -1.83. The van der Waals surface area contributed by atoms with Gasteiger partial charge in [-0.3, -0.25) is 9.59 Å². The zero-order valence-electron chi connectivity index (χ0n) is 10.7. The molecule has 0 aliphatic carbocycles. The van der Waals surface area contributed by atoms with Crippen LogP contribution in [0.5, 0.6) is 0 Å². The van der Waals surface area contributed by atoms with Gasteiger partial charge in [-0.1, -0.05) is 0 Å². The summed E-state index contributed by atoms with van der Waals surface area (Å²) in [5, 5.41) is 17.4. The average Bonchev–Trinajstić information content (AvgIpc) is 2.50. The Labute approximate surface area is 110 Å². The predicted octanol–water partition coefficient (Wildman–Crippen LogP) is -0.312. The minimum Gasteiger partial charge on any atom is -0.480 e. The van der Waals surface area contributed by atoms with Crippen LogP contribution in [0.1, 0.15) is 13.3 Å². The molecule has 8 heteroatoms. The molecule has 8 nitrogen and oxygen atoms in total. The number of carboxylic acids is 2. The van der Waals surface area contributed by atoms with Crippen LogP contribution >= 0.6 is 0 Å². The van der Waals surface area contributed by atoms with Crippen LogP contribution in [-0.4, -0.2) is 76.9 Å². The molecule has 0 bridgehead atoms. The summed E-state index contributed by atoms with van der Waals surface area (Å²) in [6.07, 6.45) is 0.493. The molecule has 0 aromatic heterocycles. The van der Waals surface area contributed by atoms with Crippen molar-refractivity contribution in [3.63, 3.8) is 0 Å². The minimum atomic E-state index is -1.24. The second kappa shape index (κ2) is 6.93. The molecule has 1 rings (SSSR count). The third-order valence-corrected chi connectivity index (χ3v) is 2.65. The molecule has 1 aliphatic rings. The summed E-state index contributed by atoms with van der Waals surface area (Å²) in [4.78, 5) is 35.7. The van der Waals surface area contributed by atoms with Gasteiger partial charge in [-0.2, -0.15) is 0 Å². The number of nitrogens with zero attached hydrogens (tertiary/aromatic N) is 2. The van der Waals surface area contributed by atoms with E-state index in [4.69, 9.17) is 14.9 Å². The number of hydrogen-bond donors (Lipinski definition) is 2. The zero-order valence-corrected chi connectivity index (χ0v) is 10.7. The molecule has 1 heterocycles. The van der Waals surface area contributed by atoms with Crippen LogP contribution in [0.15, 0.2) is 0 Å². The van der Waals surface area contributed by atoms with Crippen LogP contribution < -0.4 is 0 Å². The van der Waals surface area contributed by atoms with Crippen LogP contribution in [0, 0.1) is 0 Å². The Morgan fingerprint density at radius 3 is 2.37 bits per heavy atom. The van der Waals surface area contributed by atoms with E-state index in [9.17, 15) is 14.4 Å². The molecule has 0 aromatic carbocycles. The molecule has 108 valence electrons. The van der Waals surface area contributed by atoms with Gasteiger partial charge >= 0.3 is 18.0 Å². The fourth-order valence-electron chi connectivity index (χ4n) is 1.89. The van der Waals surface area contributed by atoms with E-state index in [1.165, 1.54) is 4.90 Å². The topological polar surface area (TPSA) is 107 Å². The molecule has 2 amide bonds. The number of carboxylic acid groups (broad SMARTS) is 2. The van der Waals surface area contributed by atoms with Crippen molar-refractivity contribution in [2.45, 2.75) is 19.4 Å². The summed E-state index contributed by atoms with van der Waals surface area (Å²) >= 11 is 0. The number of amides is 2. The predicted molar refractivity (Wildman–Crippen MR) is 63.8 cm³/mol. The van der Waals surface area contributed by atoms with Gasteiger partial charge in [-0.15, -0.1) is 0 Å². The maximum Gasteiger partial charge on any atom is 0.323 e. The number of carbonyl (C=O) groups excluding carboxylic acids is 1. The van der Waals surface area contributed by atoms with Crippen molar-refractivity contribution in [2.24, 2.45) is 0 Å². The first-order valence-corrected chi connectivity index (χ1v) is 5.99. The molecule has 0 aromatic rings. The van der Waals surface area contributed by atoms with Gasteiger partial charge in [-0.25, -0.2) is 4.79 Å². The Morgan fingerprint density at radius 1 is 1.26 bits per heavy atom. The van der Waals surface area contributed by atoms with E-state index in [0.29, 0.717) is 26.1 Å². The van der Waals surface area contributed by atoms with E-state index in [0.717, 1.165) is 4.90 Å². The van der Waals surface area contributed by atoms with Crippen molar-refractivity contribution >= 4 is 18.0 Å². The van der Waals surface area contributed by atoms with Crippen LogP contribution in [0.4, 0.5) is 4.79 Å². The molecule has 2 N–H and O–H groups in total. The summed E-state index contributed by atoms with van der Waals surface area (Å²) in [6.45, 7) is 1.84. The molecule has 0 saturated carbocycles. The van der Waals surface area contributed by atoms with Gasteiger partial charge in [0.2, 0.25) is 0 Å². The molecule has 0 spiro atoms. The first kappa shape index (κ1) is 15.2. The first-order valence-electron chi connectivity index (χ1n) is 5.99. The second-order valence-electron chi connectivity index (χ2n) is 4.41. The first-order chi connectivity index (χ1) is 8.90. The quantitative estimate of drug-likeness (QED) is 0.728. The van der Waals surface area contributed by atoms with Gasteiger partial charge in [0.25, 0.3) is 0 Å². The fourth-order valence-corrected chi connectivity index (χ4v) is 1.89. The lowest BCUT2D eigenvalue weighted by molar-refractivity contribution is -0.140. The molecule has 19 heavy (non-hydrogen) atoms. The molecule has 1 atom stereocenters. The average molecular weight is 274 g/mol. The fraction of sp³-hybridized carbons (Fsp3) is 0.727. The van der Waals surface area contributed by atoms with E-state index < -0.39 is 31.1 Å². The van der Waals surface area contributed by atoms with E-state index in [1.54, 1.807) is 0 Å². The molecular formula is C11H18N2O6. The summed E-state index contributed by atoms with van der Waals surface area (Å²) in [6, 6.07) is -0.581. The monoisotopic (exact) mass is 274 g/mol. The number of rotatable bonds is 4. The smallest absolute Gasteiger partial charge is 0.323 e. The zero-order chi connectivity index (χ0) is 14.4. The van der Waals surface area contributed by atoms with Gasteiger partial charge in [0, 0.05) is 19.7 Å². The highest BCUT2D eigenvalue weighted by atomic mass is 16.5. The van der Waals surface area contributed by atoms with Gasteiger partial charge in [-0.05, 0) is 13.3 Å². The lowest BCUT2D eigenvalue weighted by Gasteiger charge is -2.28. The molecule has 1 saturated heterocycles. The molecule has 1 unspecified atom stereocenters. The van der Waals surface area contributed by atoms with Crippen molar-refractivity contribution in [1.29, 1.82) is 0 Å². The molecule has 1 fully saturated rings. The number of carbonyl (C=O) groups is 3. The van der Waals surface area contributed by atoms with Crippen LogP contribution in [0.2, 0.25) is 0 Å². The normalized spacial score (nSPS) is 19.6. The minimum absolute atomic E-state index is 0.150. The van der Waals surface area contributed by atoms with E-state index in [1.807, 2.05) is 6.92 Å². The van der Waals surface area contributed by atoms with Gasteiger partial charge in [0.1, 0.15) is 13.1 Å². The Kier molecular flexibility index (Phi) is 5.56. The lowest BCUT2D eigenvalue weighted by Crippen LogP contribution is -2.49. The maximum atomic E-state index is 12.1. The van der Waals surface area contributed by atoms with E-state index in [-0.39, 0.29) is 6.10 Å². The van der Waals surface area contributed by atoms with E-state index >= 15 is 0 Å². The third kappa shape index (κ3) is 5.12. The van der Waals surface area contributed by atoms with Crippen molar-refractivity contribution in [3.8, 4) is 0 Å². The molecule has 1 aliphatic heterocycles. The van der Waals surface area contributed by atoms with Crippen molar-refractivity contribution in [1.82, 2.24) is 9.80 Å². The van der Waals surface area contributed by atoms with Crippen LogP contribution in [0.3, 0.4) is 0 Å². The highest BCUT2D eigenvalue weighted by molar-refractivity contribution is 5.84. The van der Waals surface area contributed by atoms with Crippen molar-refractivity contribution < 1.29 is 29.3 Å².